The molecular formula is C25H32N4O3. The van der Waals surface area contributed by atoms with Crippen molar-refractivity contribution in [1.29, 1.82) is 0 Å². The van der Waals surface area contributed by atoms with Crippen LogP contribution in [0.4, 0.5) is 0 Å². The lowest BCUT2D eigenvalue weighted by atomic mass is 9.79. The van der Waals surface area contributed by atoms with Gasteiger partial charge >= 0.3 is 0 Å². The SMILES string of the molecule is COCCCn1c(C)cc(C(=O)N2CCC(C)(c3noc(-c4ccccc4)n3)CC2)c1C. The van der Waals surface area contributed by atoms with Gasteiger partial charge in [-0.15, -0.1) is 0 Å². The van der Waals surface area contributed by atoms with Gasteiger partial charge in [0.15, 0.2) is 5.82 Å². The Hall–Kier alpha value is -2.93. The third-order valence-corrected chi connectivity index (χ3v) is 6.68. The summed E-state index contributed by atoms with van der Waals surface area (Å²) >= 11 is 0. The first-order valence-electron chi connectivity index (χ1n) is 11.3. The van der Waals surface area contributed by atoms with Gasteiger partial charge < -0.3 is 18.7 Å². The Morgan fingerprint density at radius 1 is 1.19 bits per heavy atom. The standard InChI is InChI=1S/C25H32N4O3/c1-18-17-21(19(2)29(18)13-8-16-31-4)23(30)28-14-11-25(3,12-15-28)24-26-22(32-27-24)20-9-6-5-7-10-20/h5-7,9-10,17H,8,11-16H2,1-4H3. The second kappa shape index (κ2) is 9.28. The maximum Gasteiger partial charge on any atom is 0.257 e. The number of hydrogen-bond donors (Lipinski definition) is 0. The van der Waals surface area contributed by atoms with Crippen LogP contribution in [0.2, 0.25) is 0 Å². The van der Waals surface area contributed by atoms with Crippen LogP contribution in [0.5, 0.6) is 0 Å². The predicted octanol–water partition coefficient (Wildman–Crippen LogP) is 4.39. The van der Waals surface area contributed by atoms with Crippen LogP contribution in [-0.2, 0) is 16.7 Å². The monoisotopic (exact) mass is 436 g/mol. The van der Waals surface area contributed by atoms with Gasteiger partial charge in [0.1, 0.15) is 0 Å². The Labute approximate surface area is 189 Å². The van der Waals surface area contributed by atoms with E-state index in [4.69, 9.17) is 9.26 Å². The van der Waals surface area contributed by atoms with Crippen LogP contribution < -0.4 is 0 Å². The molecule has 0 unspecified atom stereocenters. The smallest absolute Gasteiger partial charge is 0.257 e. The number of ether oxygens (including phenoxy) is 1. The summed E-state index contributed by atoms with van der Waals surface area (Å²) in [4.78, 5) is 19.9. The third kappa shape index (κ3) is 4.35. The molecule has 7 nitrogen and oxygen atoms in total. The molecular weight excluding hydrogens is 404 g/mol. The predicted molar refractivity (Wildman–Crippen MR) is 123 cm³/mol. The maximum atomic E-state index is 13.3. The number of likely N-dealkylation sites (tertiary alicyclic amines) is 1. The van der Waals surface area contributed by atoms with E-state index in [0.29, 0.717) is 25.6 Å². The maximum absolute atomic E-state index is 13.3. The highest BCUT2D eigenvalue weighted by atomic mass is 16.5. The number of piperidine rings is 1. The first-order valence-corrected chi connectivity index (χ1v) is 11.3. The lowest BCUT2D eigenvalue weighted by molar-refractivity contribution is 0.0669. The van der Waals surface area contributed by atoms with Crippen LogP contribution in [0.3, 0.4) is 0 Å². The van der Waals surface area contributed by atoms with E-state index in [0.717, 1.165) is 54.1 Å². The molecule has 1 amide bonds. The van der Waals surface area contributed by atoms with Gasteiger partial charge in [-0.1, -0.05) is 30.3 Å². The molecule has 3 heterocycles. The Kier molecular flexibility index (Phi) is 6.46. The first kappa shape index (κ1) is 22.3. The van der Waals surface area contributed by atoms with Gasteiger partial charge in [0.05, 0.1) is 5.56 Å². The number of carbonyl (C=O) groups is 1. The lowest BCUT2D eigenvalue weighted by Crippen LogP contribution is -2.44. The van der Waals surface area contributed by atoms with Crippen molar-refractivity contribution in [3.05, 3.63) is 59.2 Å². The van der Waals surface area contributed by atoms with E-state index >= 15 is 0 Å². The minimum Gasteiger partial charge on any atom is -0.385 e. The number of hydrogen-bond acceptors (Lipinski definition) is 5. The number of nitrogens with zero attached hydrogens (tertiary/aromatic N) is 4. The number of benzene rings is 1. The Morgan fingerprint density at radius 3 is 2.59 bits per heavy atom. The van der Waals surface area contributed by atoms with E-state index in [-0.39, 0.29) is 11.3 Å². The Bertz CT molecular complexity index is 1060. The zero-order chi connectivity index (χ0) is 22.7. The molecule has 0 radical (unpaired) electrons. The lowest BCUT2D eigenvalue weighted by Gasteiger charge is -2.37. The molecule has 170 valence electrons. The molecule has 4 rings (SSSR count). The summed E-state index contributed by atoms with van der Waals surface area (Å²) in [6.07, 6.45) is 2.54. The van der Waals surface area contributed by atoms with Crippen molar-refractivity contribution in [2.75, 3.05) is 26.8 Å². The summed E-state index contributed by atoms with van der Waals surface area (Å²) in [6, 6.07) is 11.8. The first-order chi connectivity index (χ1) is 15.4. The Morgan fingerprint density at radius 2 is 1.91 bits per heavy atom. The van der Waals surface area contributed by atoms with Crippen molar-refractivity contribution in [3.8, 4) is 11.5 Å². The number of methoxy groups -OCH3 is 1. The second-order valence-corrected chi connectivity index (χ2v) is 8.92. The van der Waals surface area contributed by atoms with E-state index in [1.165, 1.54) is 0 Å². The van der Waals surface area contributed by atoms with Gasteiger partial charge in [-0.25, -0.2) is 0 Å². The highest BCUT2D eigenvalue weighted by Gasteiger charge is 2.38. The third-order valence-electron chi connectivity index (χ3n) is 6.68. The zero-order valence-electron chi connectivity index (χ0n) is 19.4. The van der Waals surface area contributed by atoms with Crippen molar-refractivity contribution >= 4 is 5.91 Å². The highest BCUT2D eigenvalue weighted by Crippen LogP contribution is 2.35. The van der Waals surface area contributed by atoms with Crippen LogP contribution in [0.15, 0.2) is 40.9 Å². The van der Waals surface area contributed by atoms with Crippen molar-refractivity contribution in [1.82, 2.24) is 19.6 Å². The largest absolute Gasteiger partial charge is 0.385 e. The van der Waals surface area contributed by atoms with Crippen molar-refractivity contribution < 1.29 is 14.1 Å². The molecule has 32 heavy (non-hydrogen) atoms. The van der Waals surface area contributed by atoms with E-state index in [1.54, 1.807) is 7.11 Å². The molecule has 7 heteroatoms. The van der Waals surface area contributed by atoms with Crippen LogP contribution in [-0.4, -0.2) is 52.3 Å². The molecule has 0 spiro atoms. The van der Waals surface area contributed by atoms with Crippen LogP contribution in [0.25, 0.3) is 11.5 Å². The van der Waals surface area contributed by atoms with Gasteiger partial charge in [0.25, 0.3) is 11.8 Å². The molecule has 1 saturated heterocycles. The average molecular weight is 437 g/mol. The molecule has 1 aliphatic heterocycles. The van der Waals surface area contributed by atoms with Gasteiger partial charge in [-0.2, -0.15) is 4.98 Å². The molecule has 2 aromatic heterocycles. The molecule has 1 aliphatic rings. The van der Waals surface area contributed by atoms with E-state index in [9.17, 15) is 4.79 Å². The number of aromatic nitrogens is 3. The van der Waals surface area contributed by atoms with Crippen LogP contribution >= 0.6 is 0 Å². The fourth-order valence-electron chi connectivity index (χ4n) is 4.49. The fourth-order valence-corrected chi connectivity index (χ4v) is 4.49. The summed E-state index contributed by atoms with van der Waals surface area (Å²) in [7, 11) is 1.71. The molecule has 0 bridgehead atoms. The second-order valence-electron chi connectivity index (χ2n) is 8.92. The normalized spacial score (nSPS) is 15.8. The molecule has 1 fully saturated rings. The number of aryl methyl sites for hydroxylation is 1. The highest BCUT2D eigenvalue weighted by molar-refractivity contribution is 5.95. The zero-order valence-corrected chi connectivity index (χ0v) is 19.4. The van der Waals surface area contributed by atoms with Gasteiger partial charge in [-0.05, 0) is 51.3 Å². The summed E-state index contributed by atoms with van der Waals surface area (Å²) in [5, 5.41) is 4.28. The van der Waals surface area contributed by atoms with Crippen molar-refractivity contribution in [3.63, 3.8) is 0 Å². The summed E-state index contributed by atoms with van der Waals surface area (Å²) < 4.78 is 12.9. The fraction of sp³-hybridized carbons (Fsp3) is 0.480. The minimum absolute atomic E-state index is 0.108. The quantitative estimate of drug-likeness (QED) is 0.514. The summed E-state index contributed by atoms with van der Waals surface area (Å²) in [6.45, 7) is 9.19. The molecule has 1 aromatic carbocycles. The summed E-state index contributed by atoms with van der Waals surface area (Å²) in [5.41, 5.74) is 3.66. The van der Waals surface area contributed by atoms with Crippen LogP contribution in [0, 0.1) is 13.8 Å². The van der Waals surface area contributed by atoms with E-state index in [2.05, 4.69) is 28.6 Å². The number of carbonyl (C=O) groups excluding carboxylic acids is 1. The molecule has 0 N–H and O–H groups in total. The number of amides is 1. The number of rotatable bonds is 7. The van der Waals surface area contributed by atoms with Crippen molar-refractivity contribution in [2.24, 2.45) is 0 Å². The topological polar surface area (TPSA) is 73.4 Å². The minimum atomic E-state index is -0.204. The molecule has 0 atom stereocenters. The molecule has 3 aromatic rings. The van der Waals surface area contributed by atoms with Gasteiger partial charge in [0.2, 0.25) is 0 Å². The Balaban J connectivity index is 1.43. The molecule has 0 aliphatic carbocycles. The average Bonchev–Trinajstić information content (AvgIpc) is 3.41. The van der Waals surface area contributed by atoms with Crippen molar-refractivity contribution in [2.45, 2.75) is 52.0 Å². The van der Waals surface area contributed by atoms with E-state index < -0.39 is 0 Å². The van der Waals surface area contributed by atoms with E-state index in [1.807, 2.05) is 48.2 Å². The van der Waals surface area contributed by atoms with Crippen LogP contribution in [0.1, 0.15) is 53.8 Å². The van der Waals surface area contributed by atoms with Gasteiger partial charge in [0, 0.05) is 55.7 Å². The van der Waals surface area contributed by atoms with Gasteiger partial charge in [-0.3, -0.25) is 4.79 Å². The molecule has 0 saturated carbocycles. The summed E-state index contributed by atoms with van der Waals surface area (Å²) in [5.74, 6) is 1.37.